The summed E-state index contributed by atoms with van der Waals surface area (Å²) in [5.41, 5.74) is 13.5. The molecule has 4 aliphatic carbocycles. The maximum Gasteiger partial charge on any atom is 0.261 e. The standard InChI is InChI=1S/C28H32N2O5.2C27H30N2O4.C26H28N2O3/c1-17-6-2-3-7-21(17)26(33)29-11-10-18-12-19(15-31)20(16-32)13-24(18)25(29)14-30-27(34)22-8-4-5-9-23(22)28(30)35;1-17-8-3-4-9-18(17)25(30)28-15-14-20-19(12-7-13-24(20)33-2)23(28)16-29-26(31)21-10-5-6-11-22(21)27(29)32;1-17-6-2-3-7-20(17)25(31)28-13-12-19-11-10-18(16-30)14-23(19)24(28)15-29-26(32)21-8-4-5-9-22(21)27(29)33;1-17-8-2-4-10-19(17)24(29)27-15-14-18-9-3-5-11-20(18)23(27)16-28-25(30)21-12-6-7-13-22(21)26(28)31/h4-5,8-9,12-13,17,21,25,31-32H,2-3,6-7,10-11,14-16H2,1H3;5-7,10-13,17-18,23H,3-4,8-9,14-16H2,1-2H3;4-5,8-11,14,17,20,24,30H,2-3,6-7,12-13,15-16H2,1H3;3,5-7,9,11-13,17,19,23H,2,4,8,10,14-16H2,1H3/t17-,21+,25+;17-,18+,23+;17-,20+,24+;17-,19+,23+/m0000/s1. The van der Waals surface area contributed by atoms with Gasteiger partial charge in [0.15, 0.2) is 0 Å². The van der Waals surface area contributed by atoms with Crippen LogP contribution in [-0.2, 0) is 64.7 Å². The number of benzene rings is 8. The van der Waals surface area contributed by atoms with Crippen molar-refractivity contribution in [2.75, 3.05) is 59.5 Å². The molecule has 8 aliphatic heterocycles. The molecule has 12 atom stereocenters. The van der Waals surface area contributed by atoms with Crippen LogP contribution in [0.3, 0.4) is 0 Å². The fourth-order valence-corrected chi connectivity index (χ4v) is 23.3. The third-order valence-electron chi connectivity index (χ3n) is 30.8. The number of hydrogen-bond donors (Lipinski definition) is 3. The van der Waals surface area contributed by atoms with Gasteiger partial charge >= 0.3 is 0 Å². The fourth-order valence-electron chi connectivity index (χ4n) is 23.3. The van der Waals surface area contributed by atoms with Gasteiger partial charge in [0, 0.05) is 55.4 Å². The minimum absolute atomic E-state index is 0.00409. The van der Waals surface area contributed by atoms with E-state index in [1.54, 1.807) is 104 Å². The molecule has 24 heteroatoms. The number of carbonyl (C=O) groups excluding carboxylic acids is 12. The molecule has 20 rings (SSSR count). The number of aliphatic hydroxyl groups is 3. The van der Waals surface area contributed by atoms with Crippen LogP contribution in [0.2, 0.25) is 0 Å². The van der Waals surface area contributed by atoms with Gasteiger partial charge in [0.1, 0.15) is 5.75 Å². The van der Waals surface area contributed by atoms with Crippen molar-refractivity contribution in [3.8, 4) is 5.75 Å². The van der Waals surface area contributed by atoms with E-state index >= 15 is 0 Å². The maximum atomic E-state index is 13.9. The number of amides is 12. The molecule has 0 aromatic heterocycles. The lowest BCUT2D eigenvalue weighted by molar-refractivity contribution is -0.142. The van der Waals surface area contributed by atoms with Crippen molar-refractivity contribution in [2.24, 2.45) is 47.3 Å². The molecule has 12 amide bonds. The summed E-state index contributed by atoms with van der Waals surface area (Å²) >= 11 is 0. The molecule has 0 unspecified atom stereocenters. The molecule has 12 aliphatic rings. The van der Waals surface area contributed by atoms with E-state index in [4.69, 9.17) is 4.74 Å². The van der Waals surface area contributed by atoms with Gasteiger partial charge in [-0.25, -0.2) is 0 Å². The zero-order valence-electron chi connectivity index (χ0n) is 76.2. The second kappa shape index (κ2) is 39.7. The number of methoxy groups -OCH3 is 1. The van der Waals surface area contributed by atoms with Crippen LogP contribution in [0.4, 0.5) is 0 Å². The van der Waals surface area contributed by atoms with E-state index in [1.165, 1.54) is 38.0 Å². The number of carbonyl (C=O) groups is 12. The van der Waals surface area contributed by atoms with Crippen LogP contribution in [0.5, 0.6) is 5.75 Å². The van der Waals surface area contributed by atoms with Crippen LogP contribution in [0.25, 0.3) is 0 Å². The zero-order chi connectivity index (χ0) is 92.4. The first kappa shape index (κ1) is 91.8. The maximum absolute atomic E-state index is 13.9. The Labute approximate surface area is 771 Å². The van der Waals surface area contributed by atoms with E-state index in [2.05, 4.69) is 33.8 Å². The quantitative estimate of drug-likeness (QED) is 0.0757. The summed E-state index contributed by atoms with van der Waals surface area (Å²) in [6, 6.07) is 49.6. The van der Waals surface area contributed by atoms with Gasteiger partial charge in [-0.05, 0) is 211 Å². The highest BCUT2D eigenvalue weighted by molar-refractivity contribution is 6.24. The lowest BCUT2D eigenvalue weighted by Crippen LogP contribution is -2.49. The summed E-state index contributed by atoms with van der Waals surface area (Å²) in [4.78, 5) is 173. The molecule has 688 valence electrons. The molecule has 132 heavy (non-hydrogen) atoms. The van der Waals surface area contributed by atoms with Crippen LogP contribution in [0.1, 0.15) is 299 Å². The minimum Gasteiger partial charge on any atom is -0.496 e. The normalized spacial score (nSPS) is 24.6. The molecular formula is C108H120N8O16. The zero-order valence-corrected chi connectivity index (χ0v) is 76.2. The Morgan fingerprint density at radius 2 is 0.591 bits per heavy atom. The van der Waals surface area contributed by atoms with Gasteiger partial charge in [-0.1, -0.05) is 194 Å². The number of ether oxygens (including phenoxy) is 1. The number of aliphatic hydroxyl groups excluding tert-OH is 3. The lowest BCUT2D eigenvalue weighted by Gasteiger charge is -2.42. The van der Waals surface area contributed by atoms with E-state index < -0.39 is 12.1 Å². The van der Waals surface area contributed by atoms with Gasteiger partial charge in [0.25, 0.3) is 47.3 Å². The molecule has 0 saturated heterocycles. The lowest BCUT2D eigenvalue weighted by atomic mass is 9.78. The van der Waals surface area contributed by atoms with Gasteiger partial charge in [0.2, 0.25) is 23.6 Å². The predicted molar refractivity (Wildman–Crippen MR) is 494 cm³/mol. The second-order valence-corrected chi connectivity index (χ2v) is 38.3. The molecule has 4 saturated carbocycles. The summed E-state index contributed by atoms with van der Waals surface area (Å²) in [6.45, 7) is 10.9. The number of hydrogen-bond acceptors (Lipinski definition) is 16. The minimum atomic E-state index is -0.499. The van der Waals surface area contributed by atoms with Gasteiger partial charge < -0.3 is 39.7 Å². The third-order valence-corrected chi connectivity index (χ3v) is 30.8. The number of fused-ring (bicyclic) bond motifs is 8. The van der Waals surface area contributed by atoms with Crippen LogP contribution in [-0.4, -0.2) is 185 Å². The van der Waals surface area contributed by atoms with Crippen LogP contribution >= 0.6 is 0 Å². The first-order chi connectivity index (χ1) is 64.0. The van der Waals surface area contributed by atoms with Crippen LogP contribution < -0.4 is 4.74 Å². The average Bonchev–Trinajstić information content (AvgIpc) is 1.49. The Bertz CT molecular complexity index is 5590. The number of rotatable bonds is 16. The van der Waals surface area contributed by atoms with Crippen LogP contribution in [0, 0.1) is 47.3 Å². The van der Waals surface area contributed by atoms with Crippen LogP contribution in [0.15, 0.2) is 170 Å². The fraction of sp³-hybridized carbons (Fsp3) is 0.444. The Morgan fingerprint density at radius 3 is 0.932 bits per heavy atom. The van der Waals surface area contributed by atoms with Crippen molar-refractivity contribution in [1.29, 1.82) is 0 Å². The predicted octanol–water partition coefficient (Wildman–Crippen LogP) is 15.4. The van der Waals surface area contributed by atoms with Crippen molar-refractivity contribution in [3.05, 3.63) is 276 Å². The molecule has 0 spiro atoms. The van der Waals surface area contributed by atoms with Crippen molar-refractivity contribution in [1.82, 2.24) is 39.2 Å². The highest BCUT2D eigenvalue weighted by atomic mass is 16.5. The molecule has 0 bridgehead atoms. The molecular weight excluding hydrogens is 1670 g/mol. The van der Waals surface area contributed by atoms with Crippen molar-refractivity contribution < 1.29 is 77.6 Å². The van der Waals surface area contributed by atoms with Gasteiger partial charge in [-0.2, -0.15) is 0 Å². The topological polar surface area (TPSA) is 301 Å². The van der Waals surface area contributed by atoms with E-state index in [0.29, 0.717) is 118 Å². The Kier molecular flexibility index (Phi) is 27.6. The van der Waals surface area contributed by atoms with E-state index in [-0.39, 0.29) is 153 Å². The molecule has 3 N–H and O–H groups in total. The second-order valence-electron chi connectivity index (χ2n) is 38.3. The van der Waals surface area contributed by atoms with Gasteiger partial charge in [-0.15, -0.1) is 0 Å². The third kappa shape index (κ3) is 17.7. The molecule has 4 fully saturated rings. The Morgan fingerprint density at radius 1 is 0.303 bits per heavy atom. The molecule has 8 heterocycles. The smallest absolute Gasteiger partial charge is 0.261 e. The van der Waals surface area contributed by atoms with Crippen molar-refractivity contribution in [2.45, 2.75) is 200 Å². The highest BCUT2D eigenvalue weighted by Gasteiger charge is 2.49. The molecule has 0 radical (unpaired) electrons. The summed E-state index contributed by atoms with van der Waals surface area (Å²) in [5, 5.41) is 29.4. The molecule has 24 nitrogen and oxygen atoms in total. The number of imide groups is 4. The average molecular weight is 1790 g/mol. The SMILES string of the molecule is COc1cccc2c1CCN(C(=O)[C@@H]1CCCC[C@@H]1C)[C@@H]2CN1C(=O)c2ccccc2C1=O.C[C@H]1CCCC[C@H]1C(=O)N1CCc2cc(CO)c(CO)cc2[C@H]1CN1C(=O)c2ccccc2C1=O.C[C@H]1CCCC[C@H]1C(=O)N1CCc2ccc(CO)cc2[C@H]1CN1C(=O)c2ccccc2C1=O.C[C@H]1CCCC[C@H]1C(=O)N1CCc2ccccc2[C@H]1CN1C(=O)c2ccccc2C1=O. The summed E-state index contributed by atoms with van der Waals surface area (Å²) in [7, 11) is 1.65. The monoisotopic (exact) mass is 1780 g/mol. The van der Waals surface area contributed by atoms with E-state index in [1.807, 2.05) is 86.3 Å². The summed E-state index contributed by atoms with van der Waals surface area (Å²) in [6.07, 6.45) is 19.6. The summed E-state index contributed by atoms with van der Waals surface area (Å²) in [5.74, 6) is 0.222. The van der Waals surface area contributed by atoms with Crippen molar-refractivity contribution in [3.63, 3.8) is 0 Å². The van der Waals surface area contributed by atoms with E-state index in [0.717, 1.165) is 153 Å². The molecule has 8 aromatic rings. The van der Waals surface area contributed by atoms with Gasteiger partial charge in [0.05, 0.1) is 122 Å². The Hall–Kier alpha value is -12.1. The summed E-state index contributed by atoms with van der Waals surface area (Å²) < 4.78 is 5.60. The molecule has 8 aromatic carbocycles. The Balaban J connectivity index is 0.000000123. The van der Waals surface area contributed by atoms with Crippen molar-refractivity contribution >= 4 is 70.9 Å². The largest absolute Gasteiger partial charge is 0.496 e. The van der Waals surface area contributed by atoms with E-state index in [9.17, 15) is 72.9 Å². The highest BCUT2D eigenvalue weighted by Crippen LogP contribution is 2.46. The first-order valence-corrected chi connectivity index (χ1v) is 47.9. The number of nitrogens with zero attached hydrogens (tertiary/aromatic N) is 8. The van der Waals surface area contributed by atoms with Gasteiger partial charge in [-0.3, -0.25) is 77.1 Å². The first-order valence-electron chi connectivity index (χ1n) is 47.9.